The molecule has 1 atom stereocenters. The largest absolute Gasteiger partial charge is 0.444 e. The van der Waals surface area contributed by atoms with Crippen LogP contribution in [0.2, 0.25) is 0 Å². The first-order valence-electron chi connectivity index (χ1n) is 9.98. The molecule has 0 aliphatic carbocycles. The summed E-state index contributed by atoms with van der Waals surface area (Å²) in [6.07, 6.45) is -6.90. The number of nitrogens with two attached hydrogens (primary N) is 1. The third kappa shape index (κ3) is 5.79. The molecule has 0 saturated carbocycles. The second-order valence-corrected chi connectivity index (χ2v) is 9.25. The van der Waals surface area contributed by atoms with Gasteiger partial charge in [0.05, 0.1) is 6.54 Å². The summed E-state index contributed by atoms with van der Waals surface area (Å²) in [5, 5.41) is 12.4. The Bertz CT molecular complexity index is 1060. The van der Waals surface area contributed by atoms with E-state index in [0.717, 1.165) is 38.1 Å². The van der Waals surface area contributed by atoms with Gasteiger partial charge in [-0.1, -0.05) is 0 Å². The molecular weight excluding hydrogens is 468 g/mol. The van der Waals surface area contributed by atoms with Crippen LogP contribution in [0.15, 0.2) is 24.3 Å². The van der Waals surface area contributed by atoms with Crippen LogP contribution in [0.1, 0.15) is 45.9 Å². The van der Waals surface area contributed by atoms with Crippen LogP contribution in [0.5, 0.6) is 0 Å². The maximum absolute atomic E-state index is 15.4. The summed E-state index contributed by atoms with van der Waals surface area (Å²) in [6.45, 7) is 5.03. The Hall–Kier alpha value is -2.86. The van der Waals surface area contributed by atoms with Gasteiger partial charge in [-0.2, -0.15) is 13.2 Å². The van der Waals surface area contributed by atoms with Gasteiger partial charge in [-0.25, -0.2) is 22.9 Å². The lowest BCUT2D eigenvalue weighted by atomic mass is 9.88. The number of benzene rings is 1. The van der Waals surface area contributed by atoms with Gasteiger partial charge in [0.2, 0.25) is 5.60 Å². The summed E-state index contributed by atoms with van der Waals surface area (Å²) in [4.78, 5) is 15.4. The Balaban J connectivity index is 2.76. The molecule has 2 aromatic rings. The molecule has 0 bridgehead atoms. The number of carbonyl (C=O) groups is 1. The standard InChI is InChI=1S/C22H25F6N3O3/c1-19(2,3)34-18(32)30-10-21(33,22(26,27)28)17-15(25)13(20(4,5)29)14(24)16(31-17)11-6-8-12(23)9-7-11/h6-9,33H,10,29H2,1-5H3,(H,30,32). The number of hydrogen-bond acceptors (Lipinski definition) is 5. The number of aromatic nitrogens is 1. The molecule has 0 saturated heterocycles. The monoisotopic (exact) mass is 493 g/mol. The SMILES string of the molecule is CC(C)(C)OC(=O)NCC(O)(c1nc(-c2ccc(F)cc2)c(F)c(C(C)(C)N)c1F)C(F)(F)F. The molecule has 1 unspecified atom stereocenters. The fraction of sp³-hybridized carbons (Fsp3) is 0.455. The third-order valence-corrected chi connectivity index (χ3v) is 4.59. The molecule has 6 nitrogen and oxygen atoms in total. The summed E-state index contributed by atoms with van der Waals surface area (Å²) in [5.74, 6) is -3.95. The smallest absolute Gasteiger partial charge is 0.424 e. The molecule has 1 aromatic carbocycles. The molecule has 12 heteroatoms. The molecule has 1 aromatic heterocycles. The second kappa shape index (κ2) is 9.06. The zero-order chi connectivity index (χ0) is 26.3. The van der Waals surface area contributed by atoms with Crippen LogP contribution in [0.25, 0.3) is 11.3 Å². The Labute approximate surface area is 192 Å². The molecule has 0 fully saturated rings. The number of aliphatic hydroxyl groups is 1. The molecule has 1 heterocycles. The number of rotatable bonds is 5. The lowest BCUT2D eigenvalue weighted by Crippen LogP contribution is -2.53. The minimum absolute atomic E-state index is 0.199. The number of pyridine rings is 1. The minimum Gasteiger partial charge on any atom is -0.444 e. The number of nitrogens with zero attached hydrogens (tertiary/aromatic N) is 1. The first-order valence-corrected chi connectivity index (χ1v) is 9.98. The fourth-order valence-corrected chi connectivity index (χ4v) is 3.01. The summed E-state index contributed by atoms with van der Waals surface area (Å²) in [5.41, 5.74) is -4.82. The Kier molecular flexibility index (Phi) is 7.30. The lowest BCUT2D eigenvalue weighted by Gasteiger charge is -2.33. The van der Waals surface area contributed by atoms with Crippen molar-refractivity contribution in [2.45, 2.75) is 57.5 Å². The van der Waals surface area contributed by atoms with E-state index in [0.29, 0.717) is 0 Å². The van der Waals surface area contributed by atoms with Gasteiger partial charge < -0.3 is 20.9 Å². The van der Waals surface area contributed by atoms with Crippen LogP contribution in [0.3, 0.4) is 0 Å². The van der Waals surface area contributed by atoms with E-state index in [1.165, 1.54) is 20.8 Å². The molecule has 188 valence electrons. The highest BCUT2D eigenvalue weighted by Crippen LogP contribution is 2.42. The molecule has 4 N–H and O–H groups in total. The zero-order valence-corrected chi connectivity index (χ0v) is 19.1. The second-order valence-electron chi connectivity index (χ2n) is 9.25. The van der Waals surface area contributed by atoms with E-state index in [4.69, 9.17) is 10.5 Å². The number of nitrogens with one attached hydrogen (secondary N) is 1. The summed E-state index contributed by atoms with van der Waals surface area (Å²) < 4.78 is 90.9. The van der Waals surface area contributed by atoms with Crippen molar-refractivity contribution in [1.82, 2.24) is 10.3 Å². The Morgan fingerprint density at radius 3 is 2.00 bits per heavy atom. The van der Waals surface area contributed by atoms with Crippen LogP contribution in [-0.4, -0.2) is 34.5 Å². The maximum Gasteiger partial charge on any atom is 0.424 e. The molecule has 34 heavy (non-hydrogen) atoms. The highest BCUT2D eigenvalue weighted by Gasteiger charge is 2.58. The molecule has 0 radical (unpaired) electrons. The number of carbonyl (C=O) groups excluding carboxylic acids is 1. The first kappa shape index (κ1) is 27.4. The van der Waals surface area contributed by atoms with Crippen molar-refractivity contribution in [2.24, 2.45) is 5.73 Å². The lowest BCUT2D eigenvalue weighted by molar-refractivity contribution is -0.266. The summed E-state index contributed by atoms with van der Waals surface area (Å²) in [7, 11) is 0. The van der Waals surface area contributed by atoms with Crippen LogP contribution in [-0.2, 0) is 15.9 Å². The normalized spacial score (nSPS) is 14.5. The average molecular weight is 493 g/mol. The summed E-state index contributed by atoms with van der Waals surface area (Å²) >= 11 is 0. The average Bonchev–Trinajstić information content (AvgIpc) is 2.64. The van der Waals surface area contributed by atoms with Gasteiger partial charge in [-0.3, -0.25) is 0 Å². The van der Waals surface area contributed by atoms with Crippen molar-refractivity contribution in [3.05, 3.63) is 53.0 Å². The summed E-state index contributed by atoms with van der Waals surface area (Å²) in [6, 6.07) is 3.82. The number of halogens is 6. The van der Waals surface area contributed by atoms with Crippen LogP contribution in [0, 0.1) is 17.5 Å². The Morgan fingerprint density at radius 1 is 1.03 bits per heavy atom. The van der Waals surface area contributed by atoms with Gasteiger partial charge >= 0.3 is 12.3 Å². The molecule has 0 aliphatic heterocycles. The molecule has 2 rings (SSSR count). The number of ether oxygens (including phenoxy) is 1. The molecule has 1 amide bonds. The van der Waals surface area contributed by atoms with Crippen molar-refractivity contribution < 1.29 is 41.0 Å². The van der Waals surface area contributed by atoms with E-state index >= 15 is 8.78 Å². The number of alkyl halides is 3. The quantitative estimate of drug-likeness (QED) is 0.528. The van der Waals surface area contributed by atoms with Gasteiger partial charge in [0.25, 0.3) is 0 Å². The predicted molar refractivity (Wildman–Crippen MR) is 111 cm³/mol. The Morgan fingerprint density at radius 2 is 1.56 bits per heavy atom. The van der Waals surface area contributed by atoms with Gasteiger partial charge in [-0.05, 0) is 58.9 Å². The van der Waals surface area contributed by atoms with Gasteiger partial charge in [-0.15, -0.1) is 0 Å². The van der Waals surface area contributed by atoms with Gasteiger partial charge in [0, 0.05) is 16.7 Å². The van der Waals surface area contributed by atoms with Crippen molar-refractivity contribution in [3.63, 3.8) is 0 Å². The first-order chi connectivity index (χ1) is 15.3. The number of alkyl carbamates (subject to hydrolysis) is 1. The number of hydrogen-bond donors (Lipinski definition) is 3. The topological polar surface area (TPSA) is 97.5 Å². The van der Waals surface area contributed by atoms with Crippen molar-refractivity contribution >= 4 is 6.09 Å². The third-order valence-electron chi connectivity index (χ3n) is 4.59. The van der Waals surface area contributed by atoms with E-state index in [-0.39, 0.29) is 5.56 Å². The van der Waals surface area contributed by atoms with Gasteiger partial charge in [0.15, 0.2) is 11.6 Å². The van der Waals surface area contributed by atoms with Crippen molar-refractivity contribution in [3.8, 4) is 11.3 Å². The molecule has 0 aliphatic rings. The molecular formula is C22H25F6N3O3. The fourth-order valence-electron chi connectivity index (χ4n) is 3.01. The minimum atomic E-state index is -5.58. The highest BCUT2D eigenvalue weighted by atomic mass is 19.4. The maximum atomic E-state index is 15.4. The molecule has 0 spiro atoms. The van der Waals surface area contributed by atoms with Crippen LogP contribution < -0.4 is 11.1 Å². The van der Waals surface area contributed by atoms with E-state index in [2.05, 4.69) is 4.98 Å². The zero-order valence-electron chi connectivity index (χ0n) is 19.1. The number of amides is 1. The van der Waals surface area contributed by atoms with Gasteiger partial charge in [0.1, 0.15) is 22.8 Å². The van der Waals surface area contributed by atoms with E-state index in [9.17, 15) is 27.5 Å². The predicted octanol–water partition coefficient (Wildman–Crippen LogP) is 4.63. The highest BCUT2D eigenvalue weighted by molar-refractivity contribution is 5.68. The van der Waals surface area contributed by atoms with E-state index < -0.39 is 70.0 Å². The van der Waals surface area contributed by atoms with E-state index in [1.807, 2.05) is 0 Å². The van der Waals surface area contributed by atoms with E-state index in [1.54, 1.807) is 5.32 Å². The van der Waals surface area contributed by atoms with Crippen molar-refractivity contribution in [1.29, 1.82) is 0 Å². The van der Waals surface area contributed by atoms with Crippen molar-refractivity contribution in [2.75, 3.05) is 6.54 Å². The van der Waals surface area contributed by atoms with Crippen LogP contribution in [0.4, 0.5) is 31.1 Å². The van der Waals surface area contributed by atoms with Crippen LogP contribution >= 0.6 is 0 Å².